The zero-order valence-corrected chi connectivity index (χ0v) is 17.1. The number of nitrogens with one attached hydrogen (secondary N) is 1. The maximum atomic E-state index is 13.2. The number of hydrogen-bond acceptors (Lipinski definition) is 4. The first kappa shape index (κ1) is 19.5. The highest BCUT2D eigenvalue weighted by molar-refractivity contribution is 7.89. The average molecular weight is 441 g/mol. The van der Waals surface area contributed by atoms with Crippen LogP contribution in [0.4, 0.5) is 5.69 Å². The van der Waals surface area contributed by atoms with Gasteiger partial charge in [-0.1, -0.05) is 23.2 Å². The molecule has 0 radical (unpaired) electrons. The summed E-state index contributed by atoms with van der Waals surface area (Å²) >= 11 is 12.1. The molecule has 2 aliphatic heterocycles. The number of anilines is 1. The Morgan fingerprint density at radius 1 is 1.18 bits per heavy atom. The zero-order valence-electron chi connectivity index (χ0n) is 14.8. The minimum Gasteiger partial charge on any atom is -0.493 e. The fourth-order valence-electron chi connectivity index (χ4n) is 3.56. The summed E-state index contributed by atoms with van der Waals surface area (Å²) in [6.07, 6.45) is 1.72. The van der Waals surface area contributed by atoms with Crippen molar-refractivity contribution in [3.63, 3.8) is 0 Å². The van der Waals surface area contributed by atoms with E-state index in [1.807, 2.05) is 0 Å². The van der Waals surface area contributed by atoms with Gasteiger partial charge in [0.2, 0.25) is 15.9 Å². The van der Waals surface area contributed by atoms with Crippen molar-refractivity contribution in [3.05, 3.63) is 52.0 Å². The zero-order chi connectivity index (χ0) is 19.9. The molecular formula is C19H18Cl2N2O4S. The Bertz CT molecular complexity index is 1040. The summed E-state index contributed by atoms with van der Waals surface area (Å²) in [6.45, 7) is 0.839. The number of halogens is 2. The lowest BCUT2D eigenvalue weighted by molar-refractivity contribution is -0.119. The fourth-order valence-corrected chi connectivity index (χ4v) is 5.60. The topological polar surface area (TPSA) is 75.7 Å². The molecule has 0 bridgehead atoms. The molecular weight excluding hydrogens is 423 g/mol. The lowest BCUT2D eigenvalue weighted by Gasteiger charge is -2.24. The molecule has 2 aromatic rings. The number of ether oxygens (including phenoxy) is 1. The van der Waals surface area contributed by atoms with E-state index < -0.39 is 22.0 Å². The first-order valence-electron chi connectivity index (χ1n) is 8.90. The van der Waals surface area contributed by atoms with Crippen molar-refractivity contribution in [2.75, 3.05) is 18.5 Å². The predicted molar refractivity (Wildman–Crippen MR) is 108 cm³/mol. The summed E-state index contributed by atoms with van der Waals surface area (Å²) in [5, 5.41) is 3.47. The monoisotopic (exact) mass is 440 g/mol. The summed E-state index contributed by atoms with van der Waals surface area (Å²) in [7, 11) is -3.81. The normalized spacial score (nSPS) is 19.3. The molecule has 2 aromatic carbocycles. The van der Waals surface area contributed by atoms with E-state index in [-0.39, 0.29) is 11.4 Å². The number of benzene rings is 2. The molecule has 1 atom stereocenters. The largest absolute Gasteiger partial charge is 0.493 e. The molecule has 0 unspecified atom stereocenters. The highest BCUT2D eigenvalue weighted by Gasteiger charge is 2.40. The summed E-state index contributed by atoms with van der Waals surface area (Å²) in [5.74, 6) is 0.292. The van der Waals surface area contributed by atoms with Crippen LogP contribution in [-0.2, 0) is 21.2 Å². The number of carbonyl (C=O) groups is 1. The Labute approximate surface area is 173 Å². The molecule has 1 amide bonds. The van der Waals surface area contributed by atoms with Crippen LogP contribution in [0.5, 0.6) is 5.75 Å². The molecule has 9 heteroatoms. The van der Waals surface area contributed by atoms with E-state index in [0.29, 0.717) is 47.4 Å². The number of fused-ring (bicyclic) bond motifs is 1. The van der Waals surface area contributed by atoms with Crippen molar-refractivity contribution in [2.24, 2.45) is 0 Å². The molecule has 0 aliphatic carbocycles. The molecule has 1 fully saturated rings. The lowest BCUT2D eigenvalue weighted by atomic mass is 10.2. The van der Waals surface area contributed by atoms with Crippen LogP contribution in [0.15, 0.2) is 41.3 Å². The van der Waals surface area contributed by atoms with Gasteiger partial charge in [-0.05, 0) is 54.8 Å². The van der Waals surface area contributed by atoms with E-state index in [1.54, 1.807) is 24.3 Å². The molecule has 2 heterocycles. The molecule has 0 saturated carbocycles. The molecule has 2 aliphatic rings. The van der Waals surface area contributed by atoms with Crippen LogP contribution in [0.25, 0.3) is 0 Å². The average Bonchev–Trinajstić information content (AvgIpc) is 3.33. The maximum Gasteiger partial charge on any atom is 0.243 e. The predicted octanol–water partition coefficient (Wildman–Crippen LogP) is 3.72. The van der Waals surface area contributed by atoms with Crippen LogP contribution in [0.1, 0.15) is 18.4 Å². The highest BCUT2D eigenvalue weighted by Crippen LogP contribution is 2.32. The number of amides is 1. The SMILES string of the molecule is O=C(Nc1cc(Cl)ccc1Cl)[C@@H]1CCCN1S(=O)(=O)c1ccc2c(c1)CCO2. The Hall–Kier alpha value is -1.80. The first-order valence-corrected chi connectivity index (χ1v) is 11.1. The maximum absolute atomic E-state index is 13.2. The minimum atomic E-state index is -3.81. The van der Waals surface area contributed by atoms with Gasteiger partial charge >= 0.3 is 0 Å². The molecule has 0 aromatic heterocycles. The van der Waals surface area contributed by atoms with Gasteiger partial charge in [0.05, 0.1) is 22.2 Å². The standard InChI is InChI=1S/C19H18Cl2N2O4S/c20-13-3-5-15(21)16(11-13)22-19(24)17-2-1-8-23(17)28(25,26)14-4-6-18-12(10-14)7-9-27-18/h3-6,10-11,17H,1-2,7-9H2,(H,22,24)/t17-/m0/s1. The van der Waals surface area contributed by atoms with E-state index in [9.17, 15) is 13.2 Å². The van der Waals surface area contributed by atoms with Gasteiger partial charge in [-0.3, -0.25) is 4.79 Å². The van der Waals surface area contributed by atoms with E-state index in [4.69, 9.17) is 27.9 Å². The van der Waals surface area contributed by atoms with Crippen LogP contribution in [0, 0.1) is 0 Å². The van der Waals surface area contributed by atoms with Crippen LogP contribution in [0.3, 0.4) is 0 Å². The lowest BCUT2D eigenvalue weighted by Crippen LogP contribution is -2.43. The number of rotatable bonds is 4. The third-order valence-corrected chi connectivity index (χ3v) is 7.43. The number of sulfonamides is 1. The van der Waals surface area contributed by atoms with E-state index in [2.05, 4.69) is 5.32 Å². The van der Waals surface area contributed by atoms with Crippen LogP contribution >= 0.6 is 23.2 Å². The quantitative estimate of drug-likeness (QED) is 0.785. The van der Waals surface area contributed by atoms with Gasteiger partial charge in [-0.25, -0.2) is 8.42 Å². The van der Waals surface area contributed by atoms with Crippen molar-refractivity contribution in [1.29, 1.82) is 0 Å². The second-order valence-corrected chi connectivity index (χ2v) is 9.49. The summed E-state index contributed by atoms with van der Waals surface area (Å²) in [4.78, 5) is 13.0. The third-order valence-electron chi connectivity index (χ3n) is 4.96. The summed E-state index contributed by atoms with van der Waals surface area (Å²) in [5.41, 5.74) is 1.23. The number of carbonyl (C=O) groups excluding carboxylic acids is 1. The van der Waals surface area contributed by atoms with Crippen molar-refractivity contribution in [3.8, 4) is 5.75 Å². The van der Waals surface area contributed by atoms with Crippen molar-refractivity contribution >= 4 is 44.8 Å². The van der Waals surface area contributed by atoms with Gasteiger partial charge in [0, 0.05) is 18.0 Å². The fraction of sp³-hybridized carbons (Fsp3) is 0.316. The van der Waals surface area contributed by atoms with Crippen molar-refractivity contribution in [2.45, 2.75) is 30.2 Å². The second-order valence-electron chi connectivity index (χ2n) is 6.76. The molecule has 0 spiro atoms. The van der Waals surface area contributed by atoms with Gasteiger partial charge in [0.25, 0.3) is 0 Å². The van der Waals surface area contributed by atoms with Gasteiger partial charge < -0.3 is 10.1 Å². The number of hydrogen-bond donors (Lipinski definition) is 1. The van der Waals surface area contributed by atoms with Crippen molar-refractivity contribution in [1.82, 2.24) is 4.31 Å². The second kappa shape index (κ2) is 7.55. The minimum absolute atomic E-state index is 0.178. The van der Waals surface area contributed by atoms with Gasteiger partial charge in [-0.2, -0.15) is 4.31 Å². The third kappa shape index (κ3) is 3.59. The van der Waals surface area contributed by atoms with Gasteiger partial charge in [0.1, 0.15) is 11.8 Å². The molecule has 148 valence electrons. The van der Waals surface area contributed by atoms with E-state index >= 15 is 0 Å². The summed E-state index contributed by atoms with van der Waals surface area (Å²) in [6, 6.07) is 8.77. The van der Waals surface area contributed by atoms with Crippen molar-refractivity contribution < 1.29 is 17.9 Å². The van der Waals surface area contributed by atoms with E-state index in [0.717, 1.165) is 5.56 Å². The Morgan fingerprint density at radius 3 is 2.82 bits per heavy atom. The number of nitrogens with zero attached hydrogens (tertiary/aromatic N) is 1. The van der Waals surface area contributed by atoms with Crippen LogP contribution < -0.4 is 10.1 Å². The molecule has 6 nitrogen and oxygen atoms in total. The molecule has 1 N–H and O–H groups in total. The molecule has 4 rings (SSSR count). The Balaban J connectivity index is 1.59. The molecule has 1 saturated heterocycles. The van der Waals surface area contributed by atoms with E-state index in [1.165, 1.54) is 16.4 Å². The first-order chi connectivity index (χ1) is 13.4. The Morgan fingerprint density at radius 2 is 2.00 bits per heavy atom. The highest BCUT2D eigenvalue weighted by atomic mass is 35.5. The smallest absolute Gasteiger partial charge is 0.243 e. The summed E-state index contributed by atoms with van der Waals surface area (Å²) < 4.78 is 33.1. The van der Waals surface area contributed by atoms with Gasteiger partial charge in [-0.15, -0.1) is 0 Å². The Kier molecular flexibility index (Phi) is 5.26. The van der Waals surface area contributed by atoms with Crippen LogP contribution in [0.2, 0.25) is 10.0 Å². The van der Waals surface area contributed by atoms with Gasteiger partial charge in [0.15, 0.2) is 0 Å². The van der Waals surface area contributed by atoms with Crippen LogP contribution in [-0.4, -0.2) is 37.8 Å². The molecule has 28 heavy (non-hydrogen) atoms.